The first kappa shape index (κ1) is 25.8. The summed E-state index contributed by atoms with van der Waals surface area (Å²) in [5.74, 6) is 1.47. The Bertz CT molecular complexity index is 1150. The number of fused-ring (bicyclic) bond motifs is 1. The third-order valence-electron chi connectivity index (χ3n) is 7.09. The summed E-state index contributed by atoms with van der Waals surface area (Å²) in [6, 6.07) is 9.67. The van der Waals surface area contributed by atoms with Gasteiger partial charge in [0.2, 0.25) is 0 Å². The number of ether oxygens (including phenoxy) is 2. The molecule has 0 saturated carbocycles. The second-order valence-electron chi connectivity index (χ2n) is 10.2. The molecule has 2 aliphatic heterocycles. The molecule has 36 heavy (non-hydrogen) atoms. The van der Waals surface area contributed by atoms with Crippen molar-refractivity contribution in [1.82, 2.24) is 10.2 Å². The smallest absolute Gasteiger partial charge is 0.251 e. The van der Waals surface area contributed by atoms with E-state index < -0.39 is 5.60 Å². The van der Waals surface area contributed by atoms with E-state index in [1.807, 2.05) is 50.3 Å². The molecule has 0 spiro atoms. The van der Waals surface area contributed by atoms with Gasteiger partial charge >= 0.3 is 0 Å². The van der Waals surface area contributed by atoms with Gasteiger partial charge in [0.15, 0.2) is 5.78 Å². The molecule has 1 fully saturated rings. The lowest BCUT2D eigenvalue weighted by Gasteiger charge is -2.35. The molecule has 1 amide bonds. The Balaban J connectivity index is 1.40. The number of methoxy groups -OCH3 is 1. The fourth-order valence-corrected chi connectivity index (χ4v) is 5.10. The number of hydrogen-bond acceptors (Lipinski definition) is 6. The van der Waals surface area contributed by atoms with Gasteiger partial charge in [-0.2, -0.15) is 0 Å². The van der Waals surface area contributed by atoms with Crippen molar-refractivity contribution >= 4 is 23.5 Å². The molecule has 2 aromatic carbocycles. The summed E-state index contributed by atoms with van der Waals surface area (Å²) in [6.07, 6.45) is 4.93. The van der Waals surface area contributed by atoms with E-state index in [2.05, 4.69) is 22.1 Å². The van der Waals surface area contributed by atoms with Gasteiger partial charge in [-0.3, -0.25) is 9.59 Å². The number of carbonyl (C=O) groups excluding carboxylic acids is 2. The molecular weight excluding hydrogens is 454 g/mol. The van der Waals surface area contributed by atoms with Crippen LogP contribution in [0.3, 0.4) is 0 Å². The van der Waals surface area contributed by atoms with Gasteiger partial charge in [-0.25, -0.2) is 0 Å². The Morgan fingerprint density at radius 1 is 1.25 bits per heavy atom. The highest BCUT2D eigenvalue weighted by Gasteiger charge is 2.35. The predicted octanol–water partition coefficient (Wildman–Crippen LogP) is 4.56. The minimum atomic E-state index is -0.519. The van der Waals surface area contributed by atoms with Gasteiger partial charge in [-0.15, -0.1) is 0 Å². The molecular formula is C29H37N3O4. The van der Waals surface area contributed by atoms with Gasteiger partial charge in [0.1, 0.15) is 17.1 Å². The van der Waals surface area contributed by atoms with Gasteiger partial charge in [0, 0.05) is 49.5 Å². The molecule has 7 nitrogen and oxygen atoms in total. The van der Waals surface area contributed by atoms with Crippen LogP contribution in [0.25, 0.3) is 6.08 Å². The van der Waals surface area contributed by atoms with Crippen molar-refractivity contribution in [2.45, 2.75) is 51.2 Å². The van der Waals surface area contributed by atoms with Crippen LogP contribution >= 0.6 is 0 Å². The zero-order chi connectivity index (χ0) is 25.9. The maximum absolute atomic E-state index is 12.7. The lowest BCUT2D eigenvalue weighted by molar-refractivity contribution is 0.0610. The summed E-state index contributed by atoms with van der Waals surface area (Å²) in [5.41, 5.74) is 3.67. The number of carbonyl (C=O) groups is 2. The zero-order valence-electron chi connectivity index (χ0n) is 21.8. The van der Waals surface area contributed by atoms with E-state index in [-0.39, 0.29) is 11.7 Å². The molecule has 7 heteroatoms. The first-order valence-corrected chi connectivity index (χ1v) is 12.6. The summed E-state index contributed by atoms with van der Waals surface area (Å²) in [6.45, 7) is 10.6. The molecule has 0 aromatic heterocycles. The lowest BCUT2D eigenvalue weighted by Crippen LogP contribution is -2.40. The van der Waals surface area contributed by atoms with Crippen molar-refractivity contribution in [3.8, 4) is 11.5 Å². The number of ketones is 1. The van der Waals surface area contributed by atoms with E-state index in [1.165, 1.54) is 0 Å². The number of Topliss-reactive ketones (excluding diaryl/α,β-unsaturated/α-hetero) is 1. The van der Waals surface area contributed by atoms with Crippen LogP contribution in [0.2, 0.25) is 0 Å². The average molecular weight is 492 g/mol. The van der Waals surface area contributed by atoms with E-state index in [0.29, 0.717) is 29.3 Å². The van der Waals surface area contributed by atoms with Crippen LogP contribution in [-0.2, 0) is 6.42 Å². The molecule has 2 heterocycles. The van der Waals surface area contributed by atoms with Gasteiger partial charge in [-0.1, -0.05) is 18.7 Å². The monoisotopic (exact) mass is 491 g/mol. The van der Waals surface area contributed by atoms with Crippen molar-refractivity contribution in [2.24, 2.45) is 0 Å². The number of rotatable bonds is 8. The zero-order valence-corrected chi connectivity index (χ0v) is 21.8. The highest BCUT2D eigenvalue weighted by Crippen LogP contribution is 2.40. The maximum atomic E-state index is 12.7. The van der Waals surface area contributed by atoms with Crippen LogP contribution in [-0.4, -0.2) is 62.0 Å². The van der Waals surface area contributed by atoms with E-state index in [1.54, 1.807) is 14.2 Å². The molecule has 0 atom stereocenters. The quantitative estimate of drug-likeness (QED) is 0.564. The summed E-state index contributed by atoms with van der Waals surface area (Å²) >= 11 is 0. The van der Waals surface area contributed by atoms with Gasteiger partial charge in [-0.05, 0) is 62.9 Å². The third kappa shape index (κ3) is 5.57. The number of amides is 1. The molecule has 4 rings (SSSR count). The number of likely N-dealkylation sites (tertiary alicyclic amines) is 1. The Kier molecular flexibility index (Phi) is 7.69. The van der Waals surface area contributed by atoms with Crippen molar-refractivity contribution < 1.29 is 19.1 Å². The molecule has 0 aliphatic carbocycles. The van der Waals surface area contributed by atoms with Crippen LogP contribution in [0.4, 0.5) is 5.69 Å². The molecule has 0 radical (unpaired) electrons. The van der Waals surface area contributed by atoms with Crippen molar-refractivity contribution in [2.75, 3.05) is 39.1 Å². The minimum absolute atomic E-state index is 0.101. The average Bonchev–Trinajstić information content (AvgIpc) is 2.87. The fourth-order valence-electron chi connectivity index (χ4n) is 5.10. The molecule has 2 aromatic rings. The maximum Gasteiger partial charge on any atom is 0.251 e. The van der Waals surface area contributed by atoms with E-state index in [9.17, 15) is 9.59 Å². The highest BCUT2D eigenvalue weighted by molar-refractivity contribution is 6.01. The molecule has 2 aliphatic rings. The van der Waals surface area contributed by atoms with Crippen molar-refractivity contribution in [3.63, 3.8) is 0 Å². The minimum Gasteiger partial charge on any atom is -0.496 e. The topological polar surface area (TPSA) is 79.9 Å². The molecule has 1 saturated heterocycles. The number of anilines is 1. The fraction of sp³-hybridized carbons (Fsp3) is 0.448. The van der Waals surface area contributed by atoms with Crippen LogP contribution in [0.1, 0.15) is 65.0 Å². The van der Waals surface area contributed by atoms with Gasteiger partial charge in [0.25, 0.3) is 5.91 Å². The normalized spacial score (nSPS) is 17.6. The molecule has 0 unspecified atom stereocenters. The summed E-state index contributed by atoms with van der Waals surface area (Å²) in [7, 11) is 3.30. The number of benzene rings is 2. The third-order valence-corrected chi connectivity index (χ3v) is 7.09. The lowest BCUT2D eigenvalue weighted by atomic mass is 9.90. The molecule has 0 bridgehead atoms. The van der Waals surface area contributed by atoms with Gasteiger partial charge in [0.05, 0.1) is 19.1 Å². The largest absolute Gasteiger partial charge is 0.496 e. The first-order chi connectivity index (χ1) is 17.2. The second-order valence-corrected chi connectivity index (χ2v) is 10.2. The van der Waals surface area contributed by atoms with Crippen LogP contribution in [0.15, 0.2) is 36.9 Å². The highest BCUT2D eigenvalue weighted by atomic mass is 16.5. The van der Waals surface area contributed by atoms with E-state index in [4.69, 9.17) is 9.47 Å². The summed E-state index contributed by atoms with van der Waals surface area (Å²) in [5, 5.41) is 6.31. The number of nitrogens with one attached hydrogen (secondary N) is 2. The van der Waals surface area contributed by atoms with E-state index >= 15 is 0 Å². The Morgan fingerprint density at radius 3 is 2.67 bits per heavy atom. The Hall–Kier alpha value is -3.32. The molecule has 192 valence electrons. The van der Waals surface area contributed by atoms with Crippen molar-refractivity contribution in [1.29, 1.82) is 0 Å². The summed E-state index contributed by atoms with van der Waals surface area (Å²) in [4.78, 5) is 27.2. The van der Waals surface area contributed by atoms with Crippen LogP contribution < -0.4 is 20.1 Å². The van der Waals surface area contributed by atoms with Crippen LogP contribution in [0.5, 0.6) is 11.5 Å². The van der Waals surface area contributed by atoms with Crippen molar-refractivity contribution in [3.05, 3.63) is 59.2 Å². The standard InChI is InChI=1S/C29H37N3O4/c1-6-19-7-8-20(28(34)30-4)17-24(19)31-21-11-14-32(15-12-21)16-13-23-26(35-5)10-9-22-25(33)18-29(2,3)36-27(22)23/h6-10,17,21,31H,1,11-16,18H2,2-5H3,(H,30,34). The SMILES string of the molecule is C=Cc1ccc(C(=O)NC)cc1NC1CCN(CCc2c(OC)ccc3c2OC(C)(C)CC3=O)CC1. The number of piperidine rings is 1. The Labute approximate surface area is 213 Å². The molecule has 2 N–H and O–H groups in total. The second kappa shape index (κ2) is 10.7. The first-order valence-electron chi connectivity index (χ1n) is 12.6. The van der Waals surface area contributed by atoms with Crippen LogP contribution in [0, 0.1) is 0 Å². The van der Waals surface area contributed by atoms with E-state index in [0.717, 1.165) is 61.5 Å². The number of nitrogens with zero attached hydrogens (tertiary/aromatic N) is 1. The summed E-state index contributed by atoms with van der Waals surface area (Å²) < 4.78 is 11.9. The van der Waals surface area contributed by atoms with Gasteiger partial charge < -0.3 is 25.0 Å². The predicted molar refractivity (Wildman–Crippen MR) is 143 cm³/mol. The number of hydrogen-bond donors (Lipinski definition) is 2. The Morgan fingerprint density at radius 2 is 2.00 bits per heavy atom.